The van der Waals surface area contributed by atoms with Crippen LogP contribution in [0, 0.1) is 17.8 Å². The molecular weight excluding hydrogens is 215 g/mol. The van der Waals surface area contributed by atoms with E-state index in [-0.39, 0.29) is 0 Å². The minimum atomic E-state index is -0.933. The fourth-order valence-electron chi connectivity index (χ4n) is 3.16. The molecule has 1 fully saturated rings. The predicted molar refractivity (Wildman–Crippen MR) is 70.3 cm³/mol. The molecule has 0 radical (unpaired) electrons. The molecule has 1 saturated carbocycles. The third-order valence-corrected chi connectivity index (χ3v) is 6.10. The van der Waals surface area contributed by atoms with Crippen LogP contribution in [-0.4, -0.2) is 11.8 Å². The molecule has 2 aliphatic carbocycles. The Bertz CT molecular complexity index is 282. The topological polar surface area (TPSA) is 17.1 Å². The Morgan fingerprint density at radius 2 is 2.06 bits per heavy atom. The van der Waals surface area contributed by atoms with Crippen molar-refractivity contribution in [2.75, 3.05) is 6.16 Å². The maximum Gasteiger partial charge on any atom is 0.341 e. The Hall–Kier alpha value is -0.160. The SMILES string of the molecule is CC(C)[P+](=O)CCCCC1CC2C=CC1C2. The van der Waals surface area contributed by atoms with E-state index >= 15 is 0 Å². The van der Waals surface area contributed by atoms with Crippen LogP contribution in [0.25, 0.3) is 0 Å². The predicted octanol–water partition coefficient (Wildman–Crippen LogP) is 4.60. The minimum absolute atomic E-state index is 0.375. The van der Waals surface area contributed by atoms with Crippen molar-refractivity contribution in [2.24, 2.45) is 17.8 Å². The third kappa shape index (κ3) is 2.94. The van der Waals surface area contributed by atoms with Crippen molar-refractivity contribution in [2.45, 2.75) is 51.6 Å². The zero-order valence-electron chi connectivity index (χ0n) is 10.6. The van der Waals surface area contributed by atoms with Gasteiger partial charge in [0, 0.05) is 0 Å². The molecule has 16 heavy (non-hydrogen) atoms. The summed E-state index contributed by atoms with van der Waals surface area (Å²) in [5.74, 6) is 2.75. The Kier molecular flexibility index (Phi) is 4.19. The summed E-state index contributed by atoms with van der Waals surface area (Å²) < 4.78 is 11.6. The maximum absolute atomic E-state index is 11.6. The summed E-state index contributed by atoms with van der Waals surface area (Å²) in [4.78, 5) is 0. The summed E-state index contributed by atoms with van der Waals surface area (Å²) in [6.07, 6.45) is 12.5. The third-order valence-electron chi connectivity index (χ3n) is 4.20. The Labute approximate surface area is 100 Å². The van der Waals surface area contributed by atoms with Crippen LogP contribution in [0.5, 0.6) is 0 Å². The van der Waals surface area contributed by atoms with E-state index in [0.717, 1.165) is 23.9 Å². The fraction of sp³-hybridized carbons (Fsp3) is 0.857. The van der Waals surface area contributed by atoms with Crippen LogP contribution in [0.15, 0.2) is 12.2 Å². The number of allylic oxidation sites excluding steroid dienone is 2. The van der Waals surface area contributed by atoms with Gasteiger partial charge < -0.3 is 0 Å². The van der Waals surface area contributed by atoms with Gasteiger partial charge in [0.05, 0.1) is 0 Å². The normalized spacial score (nSPS) is 32.7. The van der Waals surface area contributed by atoms with Crippen molar-refractivity contribution in [3.8, 4) is 0 Å². The summed E-state index contributed by atoms with van der Waals surface area (Å²) >= 11 is 0. The Balaban J connectivity index is 1.59. The average molecular weight is 239 g/mol. The first kappa shape index (κ1) is 12.3. The van der Waals surface area contributed by atoms with Crippen molar-refractivity contribution >= 4 is 7.80 Å². The minimum Gasteiger partial charge on any atom is -0.0851 e. The molecule has 2 heteroatoms. The van der Waals surface area contributed by atoms with Crippen LogP contribution in [-0.2, 0) is 4.57 Å². The summed E-state index contributed by atoms with van der Waals surface area (Å²) in [5.41, 5.74) is 0.375. The standard InChI is InChI=1S/C14H24OP/c1-11(2)16(15)8-4-3-5-13-9-12-6-7-14(13)10-12/h6-7,11-14H,3-5,8-10H2,1-2H3/q+1. The molecule has 0 heterocycles. The highest BCUT2D eigenvalue weighted by Gasteiger charge is 2.34. The van der Waals surface area contributed by atoms with Gasteiger partial charge in [0.15, 0.2) is 0 Å². The second-order valence-electron chi connectivity index (χ2n) is 5.77. The quantitative estimate of drug-likeness (QED) is 0.376. The summed E-state index contributed by atoms with van der Waals surface area (Å²) in [5, 5.41) is 0. The highest BCUT2D eigenvalue weighted by atomic mass is 31.1. The molecule has 0 aromatic rings. The highest BCUT2D eigenvalue weighted by molar-refractivity contribution is 7.45. The van der Waals surface area contributed by atoms with Crippen LogP contribution < -0.4 is 0 Å². The smallest absolute Gasteiger partial charge is 0.0851 e. The number of unbranched alkanes of at least 4 members (excludes halogenated alkanes) is 1. The number of fused-ring (bicyclic) bond motifs is 2. The van der Waals surface area contributed by atoms with Crippen molar-refractivity contribution in [1.82, 2.24) is 0 Å². The molecule has 2 rings (SSSR count). The van der Waals surface area contributed by atoms with Gasteiger partial charge in [-0.3, -0.25) is 0 Å². The first-order valence-electron chi connectivity index (χ1n) is 6.79. The lowest BCUT2D eigenvalue weighted by molar-refractivity contribution is 0.402. The van der Waals surface area contributed by atoms with Crippen LogP contribution in [0.3, 0.4) is 0 Å². The molecule has 0 aliphatic heterocycles. The van der Waals surface area contributed by atoms with Gasteiger partial charge in [0.25, 0.3) is 0 Å². The molecule has 0 N–H and O–H groups in total. The van der Waals surface area contributed by atoms with E-state index in [4.69, 9.17) is 0 Å². The van der Waals surface area contributed by atoms with E-state index in [1.165, 1.54) is 32.1 Å². The zero-order chi connectivity index (χ0) is 11.5. The second kappa shape index (κ2) is 5.45. The molecule has 2 bridgehead atoms. The van der Waals surface area contributed by atoms with Crippen molar-refractivity contribution in [3.63, 3.8) is 0 Å². The molecule has 1 nitrogen and oxygen atoms in total. The molecule has 2 aliphatic rings. The van der Waals surface area contributed by atoms with Gasteiger partial charge in [-0.05, 0) is 63.7 Å². The molecule has 0 saturated heterocycles. The lowest BCUT2D eigenvalue weighted by Crippen LogP contribution is -2.06. The molecule has 0 amide bonds. The van der Waals surface area contributed by atoms with Crippen LogP contribution in [0.2, 0.25) is 0 Å². The van der Waals surface area contributed by atoms with E-state index < -0.39 is 7.80 Å². The van der Waals surface area contributed by atoms with E-state index in [1.807, 2.05) is 0 Å². The van der Waals surface area contributed by atoms with Gasteiger partial charge in [0.2, 0.25) is 0 Å². The second-order valence-corrected chi connectivity index (χ2v) is 8.08. The Morgan fingerprint density at radius 3 is 2.62 bits per heavy atom. The number of hydrogen-bond acceptors (Lipinski definition) is 1. The highest BCUT2D eigenvalue weighted by Crippen LogP contribution is 2.45. The maximum atomic E-state index is 11.6. The average Bonchev–Trinajstić information content (AvgIpc) is 2.85. The summed E-state index contributed by atoms with van der Waals surface area (Å²) in [7, 11) is -0.933. The molecule has 4 unspecified atom stereocenters. The fourth-order valence-corrected chi connectivity index (χ4v) is 4.21. The van der Waals surface area contributed by atoms with Crippen LogP contribution in [0.1, 0.15) is 46.0 Å². The zero-order valence-corrected chi connectivity index (χ0v) is 11.5. The molecule has 4 atom stereocenters. The lowest BCUT2D eigenvalue weighted by atomic mass is 9.89. The molecular formula is C14H24OP+. The number of hydrogen-bond donors (Lipinski definition) is 0. The number of rotatable bonds is 6. The lowest BCUT2D eigenvalue weighted by Gasteiger charge is -2.16. The first-order chi connectivity index (χ1) is 7.66. The molecule has 0 spiro atoms. The largest absolute Gasteiger partial charge is 0.341 e. The van der Waals surface area contributed by atoms with E-state index in [2.05, 4.69) is 26.0 Å². The summed E-state index contributed by atoms with van der Waals surface area (Å²) in [6.45, 7) is 4.14. The summed E-state index contributed by atoms with van der Waals surface area (Å²) in [6, 6.07) is 0. The molecule has 0 aromatic heterocycles. The monoisotopic (exact) mass is 239 g/mol. The molecule has 0 aromatic carbocycles. The van der Waals surface area contributed by atoms with Crippen LogP contribution >= 0.6 is 7.80 Å². The van der Waals surface area contributed by atoms with Gasteiger partial charge in [-0.1, -0.05) is 16.7 Å². The van der Waals surface area contributed by atoms with Gasteiger partial charge in [0.1, 0.15) is 11.8 Å². The molecule has 90 valence electrons. The van der Waals surface area contributed by atoms with Crippen molar-refractivity contribution in [1.29, 1.82) is 0 Å². The first-order valence-corrected chi connectivity index (χ1v) is 8.30. The van der Waals surface area contributed by atoms with E-state index in [9.17, 15) is 4.57 Å². The van der Waals surface area contributed by atoms with E-state index in [1.54, 1.807) is 0 Å². The van der Waals surface area contributed by atoms with Gasteiger partial charge in [-0.15, -0.1) is 0 Å². The Morgan fingerprint density at radius 1 is 1.25 bits per heavy atom. The van der Waals surface area contributed by atoms with Gasteiger partial charge in [-0.25, -0.2) is 0 Å². The van der Waals surface area contributed by atoms with Crippen molar-refractivity contribution < 1.29 is 4.57 Å². The van der Waals surface area contributed by atoms with E-state index in [0.29, 0.717) is 5.66 Å². The van der Waals surface area contributed by atoms with Crippen molar-refractivity contribution in [3.05, 3.63) is 12.2 Å². The van der Waals surface area contributed by atoms with Crippen LogP contribution in [0.4, 0.5) is 0 Å². The van der Waals surface area contributed by atoms with Gasteiger partial charge >= 0.3 is 7.80 Å². The van der Waals surface area contributed by atoms with Gasteiger partial charge in [-0.2, -0.15) is 0 Å².